The van der Waals surface area contributed by atoms with Gasteiger partial charge in [0.15, 0.2) is 0 Å². The quantitative estimate of drug-likeness (QED) is 0.476. The summed E-state index contributed by atoms with van der Waals surface area (Å²) in [7, 11) is 1.24. The molecule has 5 nitrogen and oxygen atoms in total. The summed E-state index contributed by atoms with van der Waals surface area (Å²) in [6.45, 7) is 3.86. The van der Waals surface area contributed by atoms with Crippen LogP contribution in [0.25, 0.3) is 0 Å². The summed E-state index contributed by atoms with van der Waals surface area (Å²) in [5, 5.41) is 8.72. The Labute approximate surface area is 75.6 Å². The lowest BCUT2D eigenvalue weighted by atomic mass is 10.2. The van der Waals surface area contributed by atoms with Gasteiger partial charge in [0.1, 0.15) is 6.04 Å². The number of rotatable bonds is 1. The van der Waals surface area contributed by atoms with E-state index in [4.69, 9.17) is 5.11 Å². The van der Waals surface area contributed by atoms with Gasteiger partial charge in [-0.2, -0.15) is 0 Å². The third-order valence-corrected chi connectivity index (χ3v) is 1.97. The van der Waals surface area contributed by atoms with Crippen LogP contribution in [-0.2, 0) is 9.53 Å². The SMILES string of the molecule is C=C1C[C@@H](C(=O)OC)N(C(=O)O)C1. The van der Waals surface area contributed by atoms with Crippen molar-refractivity contribution in [3.63, 3.8) is 0 Å². The van der Waals surface area contributed by atoms with E-state index in [1.54, 1.807) is 0 Å². The number of carboxylic acid groups (broad SMARTS) is 1. The first-order valence-electron chi connectivity index (χ1n) is 3.80. The van der Waals surface area contributed by atoms with Gasteiger partial charge in [-0.3, -0.25) is 4.90 Å². The zero-order valence-corrected chi connectivity index (χ0v) is 7.32. The van der Waals surface area contributed by atoms with E-state index in [9.17, 15) is 9.59 Å². The molecule has 0 unspecified atom stereocenters. The Morgan fingerprint density at radius 2 is 2.31 bits per heavy atom. The highest BCUT2D eigenvalue weighted by Crippen LogP contribution is 2.21. The first-order chi connectivity index (χ1) is 6.06. The molecule has 0 aliphatic carbocycles. The van der Waals surface area contributed by atoms with Crippen molar-refractivity contribution in [1.82, 2.24) is 4.90 Å². The molecule has 1 atom stereocenters. The molecule has 1 aliphatic rings. The molecule has 13 heavy (non-hydrogen) atoms. The third-order valence-electron chi connectivity index (χ3n) is 1.97. The largest absolute Gasteiger partial charge is 0.467 e. The van der Waals surface area contributed by atoms with E-state index in [1.165, 1.54) is 7.11 Å². The molecule has 0 aromatic heterocycles. The molecule has 0 bridgehead atoms. The Bertz CT molecular complexity index is 261. The van der Waals surface area contributed by atoms with Gasteiger partial charge in [0.25, 0.3) is 0 Å². The predicted octanol–water partition coefficient (Wildman–Crippen LogP) is 0.468. The van der Waals surface area contributed by atoms with Gasteiger partial charge in [0.2, 0.25) is 0 Å². The van der Waals surface area contributed by atoms with Crippen LogP contribution in [0.15, 0.2) is 12.2 Å². The van der Waals surface area contributed by atoms with Crippen molar-refractivity contribution in [1.29, 1.82) is 0 Å². The fraction of sp³-hybridized carbons (Fsp3) is 0.500. The normalized spacial score (nSPS) is 21.8. The summed E-state index contributed by atoms with van der Waals surface area (Å²) < 4.78 is 4.48. The van der Waals surface area contributed by atoms with Crippen LogP contribution in [0, 0.1) is 0 Å². The molecular formula is C8H11NO4. The molecule has 1 aliphatic heterocycles. The maximum Gasteiger partial charge on any atom is 0.408 e. The van der Waals surface area contributed by atoms with E-state index in [0.717, 1.165) is 10.5 Å². The summed E-state index contributed by atoms with van der Waals surface area (Å²) in [4.78, 5) is 22.8. The molecule has 1 amide bonds. The molecule has 1 fully saturated rings. The topological polar surface area (TPSA) is 66.8 Å². The van der Waals surface area contributed by atoms with E-state index in [1.807, 2.05) is 0 Å². The Morgan fingerprint density at radius 1 is 1.69 bits per heavy atom. The minimum atomic E-state index is -1.12. The minimum absolute atomic E-state index is 0.217. The fourth-order valence-corrected chi connectivity index (χ4v) is 1.35. The summed E-state index contributed by atoms with van der Waals surface area (Å²) in [5.74, 6) is -0.527. The molecule has 0 radical (unpaired) electrons. The van der Waals surface area contributed by atoms with Gasteiger partial charge in [-0.05, 0) is 0 Å². The lowest BCUT2D eigenvalue weighted by Gasteiger charge is -2.17. The molecule has 1 heterocycles. The molecule has 0 spiro atoms. The van der Waals surface area contributed by atoms with Gasteiger partial charge < -0.3 is 9.84 Å². The Morgan fingerprint density at radius 3 is 2.77 bits per heavy atom. The van der Waals surface area contributed by atoms with Crippen molar-refractivity contribution < 1.29 is 19.4 Å². The molecule has 5 heteroatoms. The van der Waals surface area contributed by atoms with Crippen LogP contribution in [0.1, 0.15) is 6.42 Å². The van der Waals surface area contributed by atoms with Crippen molar-refractivity contribution in [3.8, 4) is 0 Å². The van der Waals surface area contributed by atoms with Crippen LogP contribution in [0.5, 0.6) is 0 Å². The Hall–Kier alpha value is -1.52. The van der Waals surface area contributed by atoms with Crippen LogP contribution in [0.2, 0.25) is 0 Å². The lowest BCUT2D eigenvalue weighted by Crippen LogP contribution is -2.40. The zero-order valence-electron chi connectivity index (χ0n) is 7.32. The number of hydrogen-bond acceptors (Lipinski definition) is 3. The van der Waals surface area contributed by atoms with Crippen molar-refractivity contribution in [2.45, 2.75) is 12.5 Å². The van der Waals surface area contributed by atoms with E-state index in [2.05, 4.69) is 11.3 Å². The molecule has 0 aromatic rings. The maximum atomic E-state index is 11.1. The van der Waals surface area contributed by atoms with Crippen LogP contribution in [0.3, 0.4) is 0 Å². The average molecular weight is 185 g/mol. The molecule has 72 valence electrons. The second kappa shape index (κ2) is 3.47. The molecule has 1 saturated heterocycles. The number of hydrogen-bond donors (Lipinski definition) is 1. The van der Waals surface area contributed by atoms with Gasteiger partial charge in [-0.25, -0.2) is 9.59 Å². The highest BCUT2D eigenvalue weighted by atomic mass is 16.5. The van der Waals surface area contributed by atoms with Crippen molar-refractivity contribution in [2.75, 3.05) is 13.7 Å². The Balaban J connectivity index is 2.77. The number of methoxy groups -OCH3 is 1. The first-order valence-corrected chi connectivity index (χ1v) is 3.80. The molecule has 1 rings (SSSR count). The molecule has 0 saturated carbocycles. The van der Waals surface area contributed by atoms with Crippen LogP contribution < -0.4 is 0 Å². The van der Waals surface area contributed by atoms with Crippen LogP contribution in [0.4, 0.5) is 4.79 Å². The number of ether oxygens (including phenoxy) is 1. The van der Waals surface area contributed by atoms with Gasteiger partial charge in [-0.1, -0.05) is 12.2 Å². The number of carbonyl (C=O) groups excluding carboxylic acids is 1. The summed E-state index contributed by atoms with van der Waals surface area (Å²) in [6, 6.07) is -0.713. The number of nitrogens with zero attached hydrogens (tertiary/aromatic N) is 1. The zero-order chi connectivity index (χ0) is 10.0. The lowest BCUT2D eigenvalue weighted by molar-refractivity contribution is -0.145. The summed E-state index contributed by atoms with van der Waals surface area (Å²) >= 11 is 0. The third kappa shape index (κ3) is 1.80. The minimum Gasteiger partial charge on any atom is -0.467 e. The first kappa shape index (κ1) is 9.57. The molecular weight excluding hydrogens is 174 g/mol. The second-order valence-corrected chi connectivity index (χ2v) is 2.90. The van der Waals surface area contributed by atoms with Crippen LogP contribution in [-0.4, -0.2) is 41.8 Å². The van der Waals surface area contributed by atoms with Crippen LogP contribution >= 0.6 is 0 Å². The molecule has 1 N–H and O–H groups in total. The number of amides is 1. The number of likely N-dealkylation sites (tertiary alicyclic amines) is 1. The van der Waals surface area contributed by atoms with E-state index >= 15 is 0 Å². The number of esters is 1. The van der Waals surface area contributed by atoms with Gasteiger partial charge >= 0.3 is 12.1 Å². The maximum absolute atomic E-state index is 11.1. The average Bonchev–Trinajstić information content (AvgIpc) is 2.46. The standard InChI is InChI=1S/C8H11NO4/c1-5-3-6(7(10)13-2)9(4-5)8(11)12/h6H,1,3-4H2,2H3,(H,11,12)/t6-/m0/s1. The summed E-state index contributed by atoms with van der Waals surface area (Å²) in [6.07, 6.45) is -0.757. The molecule has 0 aromatic carbocycles. The highest BCUT2D eigenvalue weighted by Gasteiger charge is 2.36. The van der Waals surface area contributed by atoms with Crippen molar-refractivity contribution in [3.05, 3.63) is 12.2 Å². The van der Waals surface area contributed by atoms with E-state index in [0.29, 0.717) is 6.42 Å². The monoisotopic (exact) mass is 185 g/mol. The van der Waals surface area contributed by atoms with Gasteiger partial charge in [0.05, 0.1) is 7.11 Å². The van der Waals surface area contributed by atoms with Gasteiger partial charge in [-0.15, -0.1) is 0 Å². The highest BCUT2D eigenvalue weighted by molar-refractivity contribution is 5.82. The number of carbonyl (C=O) groups is 2. The fourth-order valence-electron chi connectivity index (χ4n) is 1.35. The van der Waals surface area contributed by atoms with Gasteiger partial charge in [0, 0.05) is 13.0 Å². The predicted molar refractivity (Wildman–Crippen MR) is 44.3 cm³/mol. The second-order valence-electron chi connectivity index (χ2n) is 2.90. The van der Waals surface area contributed by atoms with E-state index < -0.39 is 18.1 Å². The van der Waals surface area contributed by atoms with Crippen molar-refractivity contribution >= 4 is 12.1 Å². The van der Waals surface area contributed by atoms with E-state index in [-0.39, 0.29) is 6.54 Å². The smallest absolute Gasteiger partial charge is 0.408 e. The van der Waals surface area contributed by atoms with Crippen molar-refractivity contribution in [2.24, 2.45) is 0 Å². The summed E-state index contributed by atoms with van der Waals surface area (Å²) in [5.41, 5.74) is 0.734. The Kier molecular flexibility index (Phi) is 2.55.